The number of halogens is 1. The number of hydrogen-bond donors (Lipinski definition) is 1. The number of aliphatic hydroxyl groups is 1. The third-order valence-corrected chi connectivity index (χ3v) is 1.74. The topological polar surface area (TPSA) is 29.5 Å². The van der Waals surface area contributed by atoms with Gasteiger partial charge in [-0.2, -0.15) is 0 Å². The number of aliphatic hydroxyl groups excluding tert-OH is 1. The van der Waals surface area contributed by atoms with Crippen LogP contribution in [0.1, 0.15) is 18.6 Å². The lowest BCUT2D eigenvalue weighted by molar-refractivity contribution is 0.194. The summed E-state index contributed by atoms with van der Waals surface area (Å²) in [4.78, 5) is 0. The van der Waals surface area contributed by atoms with E-state index in [9.17, 15) is 4.39 Å². The molecule has 0 bridgehead atoms. The fourth-order valence-corrected chi connectivity index (χ4v) is 1.06. The van der Waals surface area contributed by atoms with Crippen LogP contribution in [0.15, 0.2) is 18.2 Å². The van der Waals surface area contributed by atoms with E-state index in [2.05, 4.69) is 5.92 Å². The Kier molecular flexibility index (Phi) is 3.49. The Morgan fingerprint density at radius 2 is 2.36 bits per heavy atom. The van der Waals surface area contributed by atoms with Gasteiger partial charge in [0.1, 0.15) is 18.2 Å². The molecule has 0 saturated heterocycles. The molecule has 3 heteroatoms. The summed E-state index contributed by atoms with van der Waals surface area (Å²) in [6, 6.07) is 4.26. The van der Waals surface area contributed by atoms with E-state index in [1.807, 2.05) is 0 Å². The fraction of sp³-hybridized carbons (Fsp3) is 0.273. The normalized spacial score (nSPS) is 11.9. The van der Waals surface area contributed by atoms with Gasteiger partial charge in [-0.1, -0.05) is 5.92 Å². The van der Waals surface area contributed by atoms with Crippen LogP contribution in [0.3, 0.4) is 0 Å². The molecule has 0 aliphatic carbocycles. The lowest BCUT2D eigenvalue weighted by Gasteiger charge is -2.08. The molecule has 14 heavy (non-hydrogen) atoms. The maximum Gasteiger partial charge on any atom is 0.148 e. The van der Waals surface area contributed by atoms with E-state index < -0.39 is 11.9 Å². The Hall–Kier alpha value is -1.53. The van der Waals surface area contributed by atoms with E-state index in [-0.39, 0.29) is 12.2 Å². The Balaban J connectivity index is 2.85. The van der Waals surface area contributed by atoms with Crippen LogP contribution in [0.4, 0.5) is 4.39 Å². The molecule has 1 aromatic carbocycles. The van der Waals surface area contributed by atoms with Gasteiger partial charge in [-0.15, -0.1) is 6.42 Å². The highest BCUT2D eigenvalue weighted by atomic mass is 19.1. The summed E-state index contributed by atoms with van der Waals surface area (Å²) in [6.07, 6.45) is 4.16. The molecule has 1 aromatic rings. The first-order chi connectivity index (χ1) is 6.65. The second-order valence-corrected chi connectivity index (χ2v) is 2.85. The summed E-state index contributed by atoms with van der Waals surface area (Å²) in [5.41, 5.74) is 0.248. The Bertz CT molecular complexity index is 353. The van der Waals surface area contributed by atoms with Crippen molar-refractivity contribution in [2.45, 2.75) is 13.0 Å². The zero-order chi connectivity index (χ0) is 10.6. The van der Waals surface area contributed by atoms with Crippen LogP contribution in [0.25, 0.3) is 0 Å². The van der Waals surface area contributed by atoms with Gasteiger partial charge in [0.05, 0.1) is 6.10 Å². The zero-order valence-electron chi connectivity index (χ0n) is 7.83. The molecule has 1 rings (SSSR count). The van der Waals surface area contributed by atoms with Crippen molar-refractivity contribution < 1.29 is 14.2 Å². The molecule has 0 saturated carbocycles. The van der Waals surface area contributed by atoms with Gasteiger partial charge in [0.15, 0.2) is 0 Å². The van der Waals surface area contributed by atoms with Gasteiger partial charge in [-0.25, -0.2) is 4.39 Å². The molecule has 0 aliphatic rings. The largest absolute Gasteiger partial charge is 0.481 e. The Morgan fingerprint density at radius 1 is 1.64 bits per heavy atom. The van der Waals surface area contributed by atoms with Crippen molar-refractivity contribution >= 4 is 0 Å². The lowest BCUT2D eigenvalue weighted by Crippen LogP contribution is -1.98. The van der Waals surface area contributed by atoms with Crippen molar-refractivity contribution in [3.63, 3.8) is 0 Å². The van der Waals surface area contributed by atoms with Gasteiger partial charge in [0.2, 0.25) is 0 Å². The highest BCUT2D eigenvalue weighted by molar-refractivity contribution is 5.30. The molecule has 0 unspecified atom stereocenters. The average molecular weight is 194 g/mol. The summed E-state index contributed by atoms with van der Waals surface area (Å²) in [7, 11) is 0. The number of terminal acetylenes is 1. The van der Waals surface area contributed by atoms with Crippen molar-refractivity contribution in [1.82, 2.24) is 0 Å². The molecule has 0 radical (unpaired) electrons. The summed E-state index contributed by atoms with van der Waals surface area (Å²) in [5, 5.41) is 9.16. The van der Waals surface area contributed by atoms with Gasteiger partial charge in [-0.05, 0) is 19.1 Å². The van der Waals surface area contributed by atoms with Gasteiger partial charge in [0.25, 0.3) is 0 Å². The highest BCUT2D eigenvalue weighted by Gasteiger charge is 2.08. The van der Waals surface area contributed by atoms with Crippen LogP contribution in [0, 0.1) is 18.2 Å². The van der Waals surface area contributed by atoms with Crippen molar-refractivity contribution in [3.8, 4) is 18.1 Å². The number of rotatable bonds is 3. The smallest absolute Gasteiger partial charge is 0.148 e. The van der Waals surface area contributed by atoms with Crippen molar-refractivity contribution in [2.24, 2.45) is 0 Å². The van der Waals surface area contributed by atoms with Gasteiger partial charge >= 0.3 is 0 Å². The number of benzene rings is 1. The lowest BCUT2D eigenvalue weighted by atomic mass is 10.1. The van der Waals surface area contributed by atoms with Crippen molar-refractivity contribution in [3.05, 3.63) is 29.6 Å². The van der Waals surface area contributed by atoms with Crippen molar-refractivity contribution in [2.75, 3.05) is 6.61 Å². The molecule has 0 aliphatic heterocycles. The van der Waals surface area contributed by atoms with Crippen LogP contribution in [0.5, 0.6) is 5.75 Å². The molecule has 1 N–H and O–H groups in total. The molecule has 0 fully saturated rings. The molecule has 74 valence electrons. The van der Waals surface area contributed by atoms with E-state index in [1.165, 1.54) is 19.1 Å². The first-order valence-electron chi connectivity index (χ1n) is 4.19. The predicted octanol–water partition coefficient (Wildman–Crippen LogP) is 1.89. The summed E-state index contributed by atoms with van der Waals surface area (Å²) in [5.74, 6) is 2.15. The van der Waals surface area contributed by atoms with Crippen LogP contribution in [0.2, 0.25) is 0 Å². The number of hydrogen-bond acceptors (Lipinski definition) is 2. The van der Waals surface area contributed by atoms with Crippen LogP contribution in [-0.2, 0) is 0 Å². The molecular formula is C11H11FO2. The van der Waals surface area contributed by atoms with Crippen LogP contribution in [-0.4, -0.2) is 11.7 Å². The van der Waals surface area contributed by atoms with Gasteiger partial charge < -0.3 is 9.84 Å². The maximum atomic E-state index is 13.2. The predicted molar refractivity (Wildman–Crippen MR) is 51.4 cm³/mol. The minimum Gasteiger partial charge on any atom is -0.481 e. The molecule has 2 nitrogen and oxygen atoms in total. The summed E-state index contributed by atoms with van der Waals surface area (Å²) < 4.78 is 18.2. The quantitative estimate of drug-likeness (QED) is 0.744. The molecular weight excluding hydrogens is 183 g/mol. The van der Waals surface area contributed by atoms with Gasteiger partial charge in [-0.3, -0.25) is 0 Å². The first-order valence-corrected chi connectivity index (χ1v) is 4.19. The van der Waals surface area contributed by atoms with Crippen LogP contribution < -0.4 is 4.74 Å². The molecule has 1 atom stereocenters. The summed E-state index contributed by atoms with van der Waals surface area (Å²) >= 11 is 0. The van der Waals surface area contributed by atoms with E-state index in [1.54, 1.807) is 6.07 Å². The standard InChI is InChI=1S/C11H11FO2/c1-3-6-14-9-4-5-10(8(2)13)11(12)7-9/h1,4-5,7-8,13H,6H2,2H3/t8-/m0/s1. The second-order valence-electron chi connectivity index (χ2n) is 2.85. The minimum absolute atomic E-state index is 0.105. The Morgan fingerprint density at radius 3 is 2.86 bits per heavy atom. The van der Waals surface area contributed by atoms with E-state index in [0.717, 1.165) is 0 Å². The molecule has 0 aromatic heterocycles. The molecule has 0 heterocycles. The minimum atomic E-state index is -0.823. The summed E-state index contributed by atoms with van der Waals surface area (Å²) in [6.45, 7) is 1.61. The average Bonchev–Trinajstić information content (AvgIpc) is 2.14. The van der Waals surface area contributed by atoms with E-state index in [0.29, 0.717) is 5.75 Å². The third-order valence-electron chi connectivity index (χ3n) is 1.74. The first kappa shape index (κ1) is 10.6. The highest BCUT2D eigenvalue weighted by Crippen LogP contribution is 2.21. The SMILES string of the molecule is C#CCOc1ccc([C@H](C)O)c(F)c1. The number of ether oxygens (including phenoxy) is 1. The Labute approximate surface area is 82.3 Å². The third kappa shape index (κ3) is 2.48. The monoisotopic (exact) mass is 194 g/mol. The zero-order valence-corrected chi connectivity index (χ0v) is 7.83. The second kappa shape index (κ2) is 4.64. The van der Waals surface area contributed by atoms with E-state index >= 15 is 0 Å². The fourth-order valence-electron chi connectivity index (χ4n) is 1.06. The van der Waals surface area contributed by atoms with Crippen LogP contribution >= 0.6 is 0 Å². The van der Waals surface area contributed by atoms with Crippen molar-refractivity contribution in [1.29, 1.82) is 0 Å². The molecule has 0 amide bonds. The molecule has 0 spiro atoms. The van der Waals surface area contributed by atoms with E-state index in [4.69, 9.17) is 16.3 Å². The maximum absolute atomic E-state index is 13.2. The van der Waals surface area contributed by atoms with Gasteiger partial charge in [0, 0.05) is 11.6 Å².